The lowest BCUT2D eigenvalue weighted by Gasteiger charge is -2.25. The van der Waals surface area contributed by atoms with Gasteiger partial charge in [-0.1, -0.05) is 67.9 Å². The van der Waals surface area contributed by atoms with Crippen LogP contribution in [0.1, 0.15) is 35.3 Å². The van der Waals surface area contributed by atoms with E-state index >= 15 is 0 Å². The monoisotopic (exact) mass is 698 g/mol. The molecule has 49 heavy (non-hydrogen) atoms. The van der Waals surface area contributed by atoms with Crippen LogP contribution in [0, 0.1) is 5.41 Å². The van der Waals surface area contributed by atoms with Crippen molar-refractivity contribution in [2.45, 2.75) is 33.1 Å². The van der Waals surface area contributed by atoms with Crippen LogP contribution >= 0.6 is 11.6 Å². The van der Waals surface area contributed by atoms with E-state index in [1.807, 2.05) is 44.2 Å². The van der Waals surface area contributed by atoms with Crippen LogP contribution in [0.15, 0.2) is 79.0 Å². The van der Waals surface area contributed by atoms with E-state index in [9.17, 15) is 27.6 Å². The molecule has 4 aromatic rings. The highest BCUT2D eigenvalue weighted by molar-refractivity contribution is 6.35. The molecule has 16 heteroatoms. The number of nitrogens with zero attached hydrogens (tertiary/aromatic N) is 3. The van der Waals surface area contributed by atoms with Crippen molar-refractivity contribution in [2.75, 3.05) is 30.3 Å². The van der Waals surface area contributed by atoms with Crippen LogP contribution in [-0.4, -0.2) is 58.5 Å². The van der Waals surface area contributed by atoms with Gasteiger partial charge in [0.2, 0.25) is 0 Å². The standard InChI is InChI=1S/C33H34ClF3N8O4/c1-32(2,19-42-30(48)29(47)40-16-21-6-4-3-5-7-21)18-41-28(46)23-10-13-25(39-17-23)43-27-14-26(38-15-22-8-11-24(34)12-9-22)44-31(45-27)49-20-33(35,36)37/h3-14,17H,15-16,18-20H2,1-2H3,(H,40,47)(H,41,46)(H,42,48)(H2,38,39,43,44,45). The summed E-state index contributed by atoms with van der Waals surface area (Å²) in [5, 5.41) is 14.4. The van der Waals surface area contributed by atoms with E-state index in [4.69, 9.17) is 16.3 Å². The molecule has 2 aromatic heterocycles. The Morgan fingerprint density at radius 1 is 0.776 bits per heavy atom. The number of benzene rings is 2. The number of nitrogens with one attached hydrogen (secondary N) is 5. The van der Waals surface area contributed by atoms with Gasteiger partial charge in [0.15, 0.2) is 6.61 Å². The van der Waals surface area contributed by atoms with Gasteiger partial charge in [0.25, 0.3) is 5.91 Å². The number of alkyl halides is 3. The van der Waals surface area contributed by atoms with Crippen molar-refractivity contribution in [3.63, 3.8) is 0 Å². The number of hydrogen-bond acceptors (Lipinski definition) is 9. The predicted octanol–water partition coefficient (Wildman–Crippen LogP) is 5.01. The van der Waals surface area contributed by atoms with Crippen LogP contribution in [0.25, 0.3) is 0 Å². The highest BCUT2D eigenvalue weighted by atomic mass is 35.5. The first-order valence-electron chi connectivity index (χ1n) is 14.9. The van der Waals surface area contributed by atoms with Crippen molar-refractivity contribution in [3.05, 3.63) is 101 Å². The average molecular weight is 699 g/mol. The molecule has 0 saturated heterocycles. The molecule has 3 amide bonds. The molecule has 2 heterocycles. The molecule has 0 aliphatic heterocycles. The fraction of sp³-hybridized carbons (Fsp3) is 0.273. The minimum absolute atomic E-state index is 0.0908. The van der Waals surface area contributed by atoms with Gasteiger partial charge in [0.05, 0.1) is 5.56 Å². The quantitative estimate of drug-likeness (QED) is 0.114. The number of carbonyl (C=O) groups excluding carboxylic acids is 3. The number of rotatable bonds is 14. The van der Waals surface area contributed by atoms with Gasteiger partial charge in [0, 0.05) is 43.5 Å². The number of halogens is 4. The highest BCUT2D eigenvalue weighted by Crippen LogP contribution is 2.23. The summed E-state index contributed by atoms with van der Waals surface area (Å²) >= 11 is 5.92. The van der Waals surface area contributed by atoms with Crippen LogP contribution in [0.3, 0.4) is 0 Å². The van der Waals surface area contributed by atoms with E-state index in [2.05, 4.69) is 41.5 Å². The Hall–Kier alpha value is -5.44. The molecule has 5 N–H and O–H groups in total. The lowest BCUT2D eigenvalue weighted by atomic mass is 9.93. The highest BCUT2D eigenvalue weighted by Gasteiger charge is 2.29. The number of carbonyl (C=O) groups is 3. The second-order valence-corrected chi connectivity index (χ2v) is 12.0. The first kappa shape index (κ1) is 36.4. The Bertz CT molecular complexity index is 1730. The largest absolute Gasteiger partial charge is 0.454 e. The molecule has 0 atom stereocenters. The van der Waals surface area contributed by atoms with E-state index in [0.29, 0.717) is 11.6 Å². The zero-order chi connectivity index (χ0) is 35.4. The van der Waals surface area contributed by atoms with Gasteiger partial charge in [0.1, 0.15) is 17.5 Å². The Labute approximate surface area is 285 Å². The number of ether oxygens (including phenoxy) is 1. The van der Waals surface area contributed by atoms with Gasteiger partial charge >= 0.3 is 24.0 Å². The van der Waals surface area contributed by atoms with Crippen LogP contribution in [0.4, 0.5) is 30.6 Å². The van der Waals surface area contributed by atoms with Gasteiger partial charge in [-0.15, -0.1) is 0 Å². The van der Waals surface area contributed by atoms with Crippen LogP contribution < -0.4 is 31.3 Å². The summed E-state index contributed by atoms with van der Waals surface area (Å²) in [5.41, 5.74) is 1.34. The zero-order valence-electron chi connectivity index (χ0n) is 26.5. The molecule has 0 radical (unpaired) electrons. The van der Waals surface area contributed by atoms with E-state index in [1.165, 1.54) is 24.4 Å². The number of hydrogen-bond donors (Lipinski definition) is 5. The summed E-state index contributed by atoms with van der Waals surface area (Å²) in [4.78, 5) is 49.4. The Balaban J connectivity index is 1.30. The van der Waals surface area contributed by atoms with Gasteiger partial charge in [-0.3, -0.25) is 14.4 Å². The Morgan fingerprint density at radius 2 is 1.43 bits per heavy atom. The zero-order valence-corrected chi connectivity index (χ0v) is 27.3. The maximum Gasteiger partial charge on any atom is 0.422 e. The third-order valence-electron chi connectivity index (χ3n) is 6.70. The van der Waals surface area contributed by atoms with Gasteiger partial charge < -0.3 is 31.3 Å². The molecule has 0 aliphatic carbocycles. The van der Waals surface area contributed by atoms with Crippen LogP contribution in [0.2, 0.25) is 5.02 Å². The molecular formula is C33H34ClF3N8O4. The first-order valence-corrected chi connectivity index (χ1v) is 15.3. The maximum absolute atomic E-state index is 12.8. The summed E-state index contributed by atoms with van der Waals surface area (Å²) in [6, 6.07) is 20.1. The summed E-state index contributed by atoms with van der Waals surface area (Å²) in [5.74, 6) is -1.46. The number of amides is 3. The minimum Gasteiger partial charge on any atom is -0.454 e. The van der Waals surface area contributed by atoms with Crippen molar-refractivity contribution in [1.29, 1.82) is 0 Å². The predicted molar refractivity (Wildman–Crippen MR) is 177 cm³/mol. The summed E-state index contributed by atoms with van der Waals surface area (Å²) in [6.07, 6.45) is -3.28. The molecule has 258 valence electrons. The van der Waals surface area contributed by atoms with Crippen molar-refractivity contribution < 1.29 is 32.3 Å². The minimum atomic E-state index is -4.59. The van der Waals surface area contributed by atoms with Gasteiger partial charge in [-0.05, 0) is 40.8 Å². The van der Waals surface area contributed by atoms with Gasteiger partial charge in [-0.25, -0.2) is 4.98 Å². The van der Waals surface area contributed by atoms with Crippen molar-refractivity contribution in [1.82, 2.24) is 30.9 Å². The Kier molecular flexibility index (Phi) is 12.3. The molecule has 0 fully saturated rings. The third-order valence-corrected chi connectivity index (χ3v) is 6.95. The molecule has 12 nitrogen and oxygen atoms in total. The molecule has 0 spiro atoms. The van der Waals surface area contributed by atoms with Crippen LogP contribution in [0.5, 0.6) is 6.01 Å². The molecule has 0 saturated carbocycles. The molecule has 0 unspecified atom stereocenters. The maximum atomic E-state index is 12.8. The molecule has 0 aliphatic rings. The molecule has 0 bridgehead atoms. The average Bonchev–Trinajstić information content (AvgIpc) is 3.08. The van der Waals surface area contributed by atoms with E-state index in [-0.39, 0.29) is 42.7 Å². The number of aromatic nitrogens is 3. The van der Waals surface area contributed by atoms with E-state index in [0.717, 1.165) is 11.1 Å². The van der Waals surface area contributed by atoms with Gasteiger partial charge in [-0.2, -0.15) is 23.1 Å². The van der Waals surface area contributed by atoms with Crippen molar-refractivity contribution in [3.8, 4) is 6.01 Å². The second-order valence-electron chi connectivity index (χ2n) is 11.6. The smallest absolute Gasteiger partial charge is 0.422 e. The Morgan fingerprint density at radius 3 is 2.10 bits per heavy atom. The number of anilines is 3. The van der Waals surface area contributed by atoms with E-state index in [1.54, 1.807) is 24.3 Å². The first-order chi connectivity index (χ1) is 23.2. The van der Waals surface area contributed by atoms with Crippen molar-refractivity contribution >= 4 is 46.8 Å². The molecule has 2 aromatic carbocycles. The second kappa shape index (κ2) is 16.6. The van der Waals surface area contributed by atoms with Crippen LogP contribution in [-0.2, 0) is 22.7 Å². The fourth-order valence-corrected chi connectivity index (χ4v) is 4.19. The lowest BCUT2D eigenvalue weighted by molar-refractivity contribution is -0.154. The summed E-state index contributed by atoms with van der Waals surface area (Å²) in [7, 11) is 0. The number of pyridine rings is 1. The summed E-state index contributed by atoms with van der Waals surface area (Å²) < 4.78 is 43.1. The normalized spacial score (nSPS) is 11.3. The van der Waals surface area contributed by atoms with E-state index < -0.39 is 41.9 Å². The SMILES string of the molecule is CC(C)(CNC(=O)C(=O)NCc1ccccc1)CNC(=O)c1ccc(Nc2cc(NCc3ccc(Cl)cc3)nc(OCC(F)(F)F)n2)nc1. The van der Waals surface area contributed by atoms with Crippen molar-refractivity contribution in [2.24, 2.45) is 5.41 Å². The third kappa shape index (κ3) is 12.6. The molecule has 4 rings (SSSR count). The molecular weight excluding hydrogens is 665 g/mol. The lowest BCUT2D eigenvalue weighted by Crippen LogP contribution is -2.46. The topological polar surface area (TPSA) is 159 Å². The summed E-state index contributed by atoms with van der Waals surface area (Å²) in [6.45, 7) is 2.85. The fourth-order valence-electron chi connectivity index (χ4n) is 4.06.